The lowest BCUT2D eigenvalue weighted by Gasteiger charge is -1.96. The first-order valence-corrected chi connectivity index (χ1v) is 9.21. The fraction of sp³-hybridized carbons (Fsp3) is 0. The summed E-state index contributed by atoms with van der Waals surface area (Å²) in [5.74, 6) is 0. The van der Waals surface area contributed by atoms with Gasteiger partial charge in [-0.1, -0.05) is 30.3 Å². The second-order valence-corrected chi connectivity index (χ2v) is 9.87. The summed E-state index contributed by atoms with van der Waals surface area (Å²) >= 11 is 9.10. The number of nitrogens with zero attached hydrogens (tertiary/aromatic N) is 1. The molecule has 1 fully saturated rings. The summed E-state index contributed by atoms with van der Waals surface area (Å²) in [4.78, 5) is 0. The highest BCUT2D eigenvalue weighted by molar-refractivity contribution is 14.2. The van der Waals surface area contributed by atoms with E-state index in [0.29, 0.717) is 0 Å². The number of rotatable bonds is 1. The Labute approximate surface area is 160 Å². The van der Waals surface area contributed by atoms with Crippen molar-refractivity contribution in [3.8, 4) is 6.07 Å². The van der Waals surface area contributed by atoms with Gasteiger partial charge >= 0.3 is 0 Å². The van der Waals surface area contributed by atoms with Gasteiger partial charge in [0.2, 0.25) is 0 Å². The Morgan fingerprint density at radius 2 is 1.50 bits per heavy atom. The maximum absolute atomic E-state index is 9.05. The van der Waals surface area contributed by atoms with E-state index in [4.69, 9.17) is 5.26 Å². The normalized spacial score (nSPS) is 19.2. The zero-order valence-corrected chi connectivity index (χ0v) is 17.5. The zero-order chi connectivity index (χ0) is 13.3. The summed E-state index contributed by atoms with van der Waals surface area (Å²) in [6, 6.07) is 12.5. The van der Waals surface area contributed by atoms with E-state index in [0.717, 1.165) is 9.15 Å². The smallest absolute Gasteiger partial charge is 0.106 e. The molecular formula is C13H5I4N. The molecule has 1 aromatic carbocycles. The minimum atomic E-state index is 0.772. The molecule has 5 heteroatoms. The van der Waals surface area contributed by atoms with Gasteiger partial charge in [0.1, 0.15) is 6.07 Å². The molecular weight excluding hydrogens is 678 g/mol. The molecule has 0 heterocycles. The third kappa shape index (κ3) is 3.12. The largest absolute Gasteiger partial charge is 0.192 e. The van der Waals surface area contributed by atoms with Crippen molar-refractivity contribution in [2.24, 2.45) is 0 Å². The molecule has 1 saturated carbocycles. The van der Waals surface area contributed by atoms with Crippen LogP contribution in [0.5, 0.6) is 0 Å². The number of benzene rings is 1. The molecule has 0 saturated heterocycles. The third-order valence-corrected chi connectivity index (χ3v) is 5.46. The second kappa shape index (κ2) is 6.53. The standard InChI is InChI=1S/C13H5I4N/c14-8(6-18)9-10(11(9)13(16)17)12(15)7-4-2-1-3-5-7/h1-5H/b9-8-,12-10-. The fourth-order valence-corrected chi connectivity index (χ4v) is 4.12. The number of halogens is 4. The van der Waals surface area contributed by atoms with Crippen LogP contribution in [0.1, 0.15) is 5.56 Å². The monoisotopic (exact) mass is 683 g/mol. The van der Waals surface area contributed by atoms with Gasteiger partial charge < -0.3 is 0 Å². The van der Waals surface area contributed by atoms with Crippen molar-refractivity contribution in [2.75, 3.05) is 0 Å². The van der Waals surface area contributed by atoms with Crippen LogP contribution in [0.2, 0.25) is 0 Å². The molecule has 1 aliphatic carbocycles. The molecule has 0 radical (unpaired) electrons. The number of nitriles is 1. The van der Waals surface area contributed by atoms with Crippen molar-refractivity contribution in [2.45, 2.75) is 0 Å². The first-order valence-electron chi connectivity index (χ1n) is 4.89. The summed E-state index contributed by atoms with van der Waals surface area (Å²) in [5.41, 5.74) is 4.78. The van der Waals surface area contributed by atoms with E-state index in [1.54, 1.807) is 0 Å². The second-order valence-electron chi connectivity index (χ2n) is 3.49. The Bertz CT molecular complexity index is 629. The molecule has 1 aromatic rings. The topological polar surface area (TPSA) is 23.8 Å². The van der Waals surface area contributed by atoms with Crippen LogP contribution in [0.15, 0.2) is 52.2 Å². The van der Waals surface area contributed by atoms with E-state index >= 15 is 0 Å². The third-order valence-electron chi connectivity index (χ3n) is 2.44. The summed E-state index contributed by atoms with van der Waals surface area (Å²) in [5, 5.41) is 9.05. The van der Waals surface area contributed by atoms with Gasteiger partial charge in [-0.3, -0.25) is 0 Å². The fourth-order valence-electron chi connectivity index (χ4n) is 1.60. The highest BCUT2D eigenvalue weighted by atomic mass is 127. The lowest BCUT2D eigenvalue weighted by atomic mass is 10.2. The average Bonchev–Trinajstić information content (AvgIpc) is 3.13. The Kier molecular flexibility index (Phi) is 5.53. The SMILES string of the molecule is N#C/C(I)=C1/C(=C(I)I)/C1=C(\I)c1ccccc1. The van der Waals surface area contributed by atoms with Gasteiger partial charge in [0.05, 0.1) is 5.17 Å². The van der Waals surface area contributed by atoms with Crippen LogP contribution in [0.4, 0.5) is 0 Å². The summed E-state index contributed by atoms with van der Waals surface area (Å²) in [7, 11) is 0. The molecule has 90 valence electrons. The van der Waals surface area contributed by atoms with Gasteiger partial charge in [-0.2, -0.15) is 5.26 Å². The molecule has 0 amide bonds. The van der Waals surface area contributed by atoms with E-state index in [1.807, 2.05) is 18.2 Å². The first-order chi connectivity index (χ1) is 8.57. The quantitative estimate of drug-likeness (QED) is 0.258. The molecule has 0 N–H and O–H groups in total. The van der Waals surface area contributed by atoms with E-state index in [-0.39, 0.29) is 0 Å². The van der Waals surface area contributed by atoms with Gasteiger partial charge in [0.15, 0.2) is 0 Å². The zero-order valence-electron chi connectivity index (χ0n) is 8.85. The van der Waals surface area contributed by atoms with Gasteiger partial charge in [0, 0.05) is 20.3 Å². The van der Waals surface area contributed by atoms with Crippen LogP contribution in [0.25, 0.3) is 3.58 Å². The maximum atomic E-state index is 9.05. The summed E-state index contributed by atoms with van der Waals surface area (Å²) in [6.45, 7) is 0. The van der Waals surface area contributed by atoms with Gasteiger partial charge in [-0.05, 0) is 95.9 Å². The van der Waals surface area contributed by atoms with Gasteiger partial charge in [0.25, 0.3) is 0 Å². The highest BCUT2D eigenvalue weighted by Crippen LogP contribution is 2.57. The van der Waals surface area contributed by atoms with Gasteiger partial charge in [-0.15, -0.1) is 0 Å². The number of allylic oxidation sites excluding steroid dienone is 4. The predicted molar refractivity (Wildman–Crippen MR) is 109 cm³/mol. The van der Waals surface area contributed by atoms with E-state index in [2.05, 4.69) is 109 Å². The summed E-state index contributed by atoms with van der Waals surface area (Å²) in [6.07, 6.45) is 0. The molecule has 0 spiro atoms. The molecule has 2 rings (SSSR count). The average molecular weight is 683 g/mol. The molecule has 0 atom stereocenters. The van der Waals surface area contributed by atoms with Crippen LogP contribution >= 0.6 is 90.4 Å². The lowest BCUT2D eigenvalue weighted by molar-refractivity contribution is 1.53. The minimum absolute atomic E-state index is 0.772. The van der Waals surface area contributed by atoms with Crippen molar-refractivity contribution in [1.29, 1.82) is 5.26 Å². The van der Waals surface area contributed by atoms with Gasteiger partial charge in [-0.25, -0.2) is 0 Å². The molecule has 1 aliphatic rings. The molecule has 0 aliphatic heterocycles. The summed E-state index contributed by atoms with van der Waals surface area (Å²) < 4.78 is 3.20. The maximum Gasteiger partial charge on any atom is 0.106 e. The molecule has 1 nitrogen and oxygen atoms in total. The minimum Gasteiger partial charge on any atom is -0.192 e. The highest BCUT2D eigenvalue weighted by Gasteiger charge is 2.38. The molecule has 18 heavy (non-hydrogen) atoms. The lowest BCUT2D eigenvalue weighted by Crippen LogP contribution is -1.74. The van der Waals surface area contributed by atoms with Crippen LogP contribution in [0.3, 0.4) is 0 Å². The van der Waals surface area contributed by atoms with Crippen molar-refractivity contribution in [3.05, 3.63) is 57.8 Å². The van der Waals surface area contributed by atoms with Crippen molar-refractivity contribution in [1.82, 2.24) is 0 Å². The predicted octanol–water partition coefficient (Wildman–Crippen LogP) is 6.14. The molecule has 0 aromatic heterocycles. The Morgan fingerprint density at radius 3 is 2.00 bits per heavy atom. The van der Waals surface area contributed by atoms with Crippen LogP contribution in [-0.4, -0.2) is 0 Å². The van der Waals surface area contributed by atoms with Crippen LogP contribution in [-0.2, 0) is 0 Å². The number of hydrogen-bond acceptors (Lipinski definition) is 1. The first kappa shape index (κ1) is 15.2. The van der Waals surface area contributed by atoms with E-state index in [9.17, 15) is 0 Å². The van der Waals surface area contributed by atoms with Crippen molar-refractivity contribution >= 4 is 93.9 Å². The van der Waals surface area contributed by atoms with Crippen LogP contribution < -0.4 is 0 Å². The van der Waals surface area contributed by atoms with Crippen molar-refractivity contribution in [3.63, 3.8) is 0 Å². The van der Waals surface area contributed by atoms with Crippen LogP contribution in [0, 0.1) is 11.3 Å². The Morgan fingerprint density at radius 1 is 0.889 bits per heavy atom. The molecule has 0 unspecified atom stereocenters. The molecule has 0 bridgehead atoms. The Hall–Kier alpha value is 0.850. The Balaban J connectivity index is 2.61. The van der Waals surface area contributed by atoms with Crippen molar-refractivity contribution < 1.29 is 0 Å². The van der Waals surface area contributed by atoms with E-state index in [1.165, 1.54) is 21.9 Å². The van der Waals surface area contributed by atoms with E-state index < -0.39 is 0 Å². The number of hydrogen-bond donors (Lipinski definition) is 0.